The number of nitrogens with one attached hydrogen (secondary N) is 1. The molecule has 0 fully saturated rings. The highest BCUT2D eigenvalue weighted by molar-refractivity contribution is 7.90. The van der Waals surface area contributed by atoms with Crippen LogP contribution in [0.1, 0.15) is 36.9 Å². The summed E-state index contributed by atoms with van der Waals surface area (Å²) in [6.45, 7) is 4.59. The molecule has 1 aromatic rings. The number of rotatable bonds is 7. The maximum atomic E-state index is 14.0. The summed E-state index contributed by atoms with van der Waals surface area (Å²) in [6, 6.07) is 4.81. The Morgan fingerprint density at radius 1 is 1.37 bits per heavy atom. The number of aryl methyl sites for hydroxylation is 1. The van der Waals surface area contributed by atoms with Crippen molar-refractivity contribution in [3.05, 3.63) is 35.1 Å². The van der Waals surface area contributed by atoms with Crippen molar-refractivity contribution < 1.29 is 12.8 Å². The van der Waals surface area contributed by atoms with Crippen LogP contribution in [0.5, 0.6) is 0 Å². The van der Waals surface area contributed by atoms with E-state index in [1.165, 1.54) is 12.3 Å². The van der Waals surface area contributed by atoms with Gasteiger partial charge in [-0.2, -0.15) is 0 Å². The van der Waals surface area contributed by atoms with Crippen LogP contribution in [0.4, 0.5) is 4.39 Å². The highest BCUT2D eigenvalue weighted by atomic mass is 32.2. The second-order valence-electron chi connectivity index (χ2n) is 4.95. The van der Waals surface area contributed by atoms with Crippen molar-refractivity contribution in [3.8, 4) is 0 Å². The van der Waals surface area contributed by atoms with E-state index < -0.39 is 9.84 Å². The van der Waals surface area contributed by atoms with Crippen LogP contribution in [0.25, 0.3) is 0 Å². The molecule has 1 unspecified atom stereocenters. The lowest BCUT2D eigenvalue weighted by Gasteiger charge is -2.19. The molecule has 0 amide bonds. The van der Waals surface area contributed by atoms with Crippen LogP contribution >= 0.6 is 0 Å². The first-order chi connectivity index (χ1) is 8.83. The molecule has 1 atom stereocenters. The van der Waals surface area contributed by atoms with Gasteiger partial charge in [-0.15, -0.1) is 0 Å². The van der Waals surface area contributed by atoms with Gasteiger partial charge in [0.25, 0.3) is 0 Å². The van der Waals surface area contributed by atoms with E-state index in [2.05, 4.69) is 5.32 Å². The zero-order valence-electron chi connectivity index (χ0n) is 11.7. The standard InChI is InChI=1S/C14H22FNO2S/c1-4-8-16-14(7-9-19(3,17)18)12-6-5-11(2)10-13(12)15/h5-6,10,14,16H,4,7-9H2,1-3H3. The molecule has 0 spiro atoms. The fourth-order valence-electron chi connectivity index (χ4n) is 1.93. The number of hydrogen-bond donors (Lipinski definition) is 1. The SMILES string of the molecule is CCCNC(CCS(C)(=O)=O)c1ccc(C)cc1F. The molecule has 0 aliphatic rings. The molecular formula is C14H22FNO2S. The van der Waals surface area contributed by atoms with Crippen molar-refractivity contribution in [2.75, 3.05) is 18.6 Å². The minimum absolute atomic E-state index is 0.0572. The monoisotopic (exact) mass is 287 g/mol. The molecule has 0 bridgehead atoms. The van der Waals surface area contributed by atoms with Crippen LogP contribution in [0.2, 0.25) is 0 Å². The van der Waals surface area contributed by atoms with Gasteiger partial charge in [0.1, 0.15) is 15.7 Å². The molecule has 0 saturated carbocycles. The fraction of sp³-hybridized carbons (Fsp3) is 0.571. The van der Waals surface area contributed by atoms with E-state index >= 15 is 0 Å². The molecule has 0 heterocycles. The molecule has 0 saturated heterocycles. The minimum Gasteiger partial charge on any atom is -0.310 e. The molecule has 108 valence electrons. The van der Waals surface area contributed by atoms with E-state index in [1.807, 2.05) is 19.9 Å². The van der Waals surface area contributed by atoms with Gasteiger partial charge in [-0.25, -0.2) is 12.8 Å². The van der Waals surface area contributed by atoms with Gasteiger partial charge in [-0.1, -0.05) is 19.1 Å². The summed E-state index contributed by atoms with van der Waals surface area (Å²) in [4.78, 5) is 0. The first-order valence-corrected chi connectivity index (χ1v) is 8.56. The molecule has 1 aromatic carbocycles. The van der Waals surface area contributed by atoms with Gasteiger partial charge in [0.15, 0.2) is 0 Å². The number of sulfone groups is 1. The molecule has 0 aromatic heterocycles. The van der Waals surface area contributed by atoms with E-state index in [4.69, 9.17) is 0 Å². The molecule has 0 aliphatic heterocycles. The van der Waals surface area contributed by atoms with Crippen molar-refractivity contribution in [3.63, 3.8) is 0 Å². The highest BCUT2D eigenvalue weighted by Gasteiger charge is 2.17. The number of hydrogen-bond acceptors (Lipinski definition) is 3. The van der Waals surface area contributed by atoms with Crippen molar-refractivity contribution in [2.45, 2.75) is 32.7 Å². The molecule has 1 N–H and O–H groups in total. The van der Waals surface area contributed by atoms with Gasteiger partial charge in [0, 0.05) is 17.9 Å². The van der Waals surface area contributed by atoms with Crippen LogP contribution in [-0.2, 0) is 9.84 Å². The van der Waals surface area contributed by atoms with Crippen LogP contribution in [0.3, 0.4) is 0 Å². The Hall–Kier alpha value is -0.940. The topological polar surface area (TPSA) is 46.2 Å². The predicted molar refractivity (Wildman–Crippen MR) is 76.5 cm³/mol. The van der Waals surface area contributed by atoms with E-state index in [9.17, 15) is 12.8 Å². The van der Waals surface area contributed by atoms with Crippen molar-refractivity contribution in [2.24, 2.45) is 0 Å². The number of halogens is 1. The first kappa shape index (κ1) is 16.1. The maximum Gasteiger partial charge on any atom is 0.147 e. The van der Waals surface area contributed by atoms with Gasteiger partial charge >= 0.3 is 0 Å². The molecule has 5 heteroatoms. The predicted octanol–water partition coefficient (Wildman–Crippen LogP) is 2.61. The van der Waals surface area contributed by atoms with Crippen LogP contribution in [0.15, 0.2) is 18.2 Å². The number of benzene rings is 1. The molecular weight excluding hydrogens is 265 g/mol. The summed E-state index contributed by atoms with van der Waals surface area (Å²) in [7, 11) is -3.04. The van der Waals surface area contributed by atoms with Crippen molar-refractivity contribution >= 4 is 9.84 Å². The van der Waals surface area contributed by atoms with Gasteiger partial charge in [-0.3, -0.25) is 0 Å². The average molecular weight is 287 g/mol. The highest BCUT2D eigenvalue weighted by Crippen LogP contribution is 2.22. The summed E-state index contributed by atoms with van der Waals surface area (Å²) >= 11 is 0. The molecule has 1 rings (SSSR count). The van der Waals surface area contributed by atoms with Gasteiger partial charge in [-0.05, 0) is 37.9 Å². The first-order valence-electron chi connectivity index (χ1n) is 6.50. The summed E-state index contributed by atoms with van der Waals surface area (Å²) in [5.41, 5.74) is 1.40. The molecule has 0 radical (unpaired) electrons. The summed E-state index contributed by atoms with van der Waals surface area (Å²) in [6.07, 6.45) is 2.51. The molecule has 0 aliphatic carbocycles. The zero-order chi connectivity index (χ0) is 14.5. The Balaban J connectivity index is 2.88. The lowest BCUT2D eigenvalue weighted by atomic mass is 10.0. The quantitative estimate of drug-likeness (QED) is 0.838. The third-order valence-corrected chi connectivity index (χ3v) is 3.93. The smallest absolute Gasteiger partial charge is 0.147 e. The Labute approximate surface area is 115 Å². The molecule has 3 nitrogen and oxygen atoms in total. The lowest BCUT2D eigenvalue weighted by molar-refractivity contribution is 0.486. The zero-order valence-corrected chi connectivity index (χ0v) is 12.6. The third-order valence-electron chi connectivity index (χ3n) is 2.95. The van der Waals surface area contributed by atoms with Crippen molar-refractivity contribution in [1.29, 1.82) is 0 Å². The molecule has 19 heavy (non-hydrogen) atoms. The van der Waals surface area contributed by atoms with Crippen LogP contribution in [-0.4, -0.2) is 27.0 Å². The Morgan fingerprint density at radius 2 is 2.05 bits per heavy atom. The van der Waals surface area contributed by atoms with E-state index in [0.29, 0.717) is 12.0 Å². The third kappa shape index (κ3) is 5.70. The Morgan fingerprint density at radius 3 is 2.58 bits per heavy atom. The Kier molecular flexibility index (Phi) is 5.94. The average Bonchev–Trinajstić information content (AvgIpc) is 2.29. The van der Waals surface area contributed by atoms with E-state index in [1.54, 1.807) is 6.07 Å². The lowest BCUT2D eigenvalue weighted by Crippen LogP contribution is -2.25. The second kappa shape index (κ2) is 7.01. The maximum absolute atomic E-state index is 14.0. The van der Waals surface area contributed by atoms with Crippen LogP contribution < -0.4 is 5.32 Å². The van der Waals surface area contributed by atoms with E-state index in [-0.39, 0.29) is 17.6 Å². The summed E-state index contributed by atoms with van der Waals surface area (Å²) in [5.74, 6) is -0.219. The minimum atomic E-state index is -3.04. The van der Waals surface area contributed by atoms with Crippen molar-refractivity contribution in [1.82, 2.24) is 5.32 Å². The van der Waals surface area contributed by atoms with Gasteiger partial charge in [0.05, 0.1) is 5.75 Å². The van der Waals surface area contributed by atoms with Gasteiger partial charge < -0.3 is 5.32 Å². The fourth-order valence-corrected chi connectivity index (χ4v) is 2.60. The second-order valence-corrected chi connectivity index (χ2v) is 7.21. The summed E-state index contributed by atoms with van der Waals surface area (Å²) < 4.78 is 36.5. The van der Waals surface area contributed by atoms with E-state index in [0.717, 1.165) is 18.5 Å². The normalized spacial score (nSPS) is 13.5. The summed E-state index contributed by atoms with van der Waals surface area (Å²) in [5, 5.41) is 3.21. The Bertz CT molecular complexity index is 514. The van der Waals surface area contributed by atoms with Gasteiger partial charge in [0.2, 0.25) is 0 Å². The largest absolute Gasteiger partial charge is 0.310 e. The van der Waals surface area contributed by atoms with Crippen LogP contribution in [0, 0.1) is 12.7 Å².